The summed E-state index contributed by atoms with van der Waals surface area (Å²) in [5.41, 5.74) is -3.01. The van der Waals surface area contributed by atoms with E-state index >= 15 is 0 Å². The van der Waals surface area contributed by atoms with Gasteiger partial charge in [0.1, 0.15) is 18.0 Å². The highest BCUT2D eigenvalue weighted by molar-refractivity contribution is 7.68. The van der Waals surface area contributed by atoms with Gasteiger partial charge in [-0.15, -0.1) is 0 Å². The Labute approximate surface area is 238 Å². The van der Waals surface area contributed by atoms with Gasteiger partial charge in [0.25, 0.3) is 16.9 Å². The number of ether oxygens (including phenoxy) is 1. The lowest BCUT2D eigenvalue weighted by Gasteiger charge is -2.20. The summed E-state index contributed by atoms with van der Waals surface area (Å²) in [5.74, 6) is 0. The zero-order valence-corrected chi connectivity index (χ0v) is 24.3. The lowest BCUT2D eigenvalue weighted by molar-refractivity contribution is -0.393. The number of nitrogens with one attached hydrogen (secondary N) is 2. The maximum Gasteiger partial charge on any atom is 0.488 e. The van der Waals surface area contributed by atoms with Crippen molar-refractivity contribution >= 4 is 40.3 Å². The summed E-state index contributed by atoms with van der Waals surface area (Å²) in [6.45, 7) is -0.144. The second kappa shape index (κ2) is 13.2. The molecule has 0 radical (unpaired) electrons. The second-order valence-electron chi connectivity index (χ2n) is 8.81. The third kappa shape index (κ3) is 9.43. The van der Waals surface area contributed by atoms with Crippen LogP contribution in [0.5, 0.6) is 0 Å². The Balaban J connectivity index is 1.55. The molecule has 3 unspecified atom stereocenters. The largest absolute Gasteiger partial charge is 0.488 e. The summed E-state index contributed by atoms with van der Waals surface area (Å²) >= 11 is 0. The Kier molecular flexibility index (Phi) is 10.6. The van der Waals surface area contributed by atoms with Crippen molar-refractivity contribution in [3.05, 3.63) is 71.0 Å². The number of phosphoric ester groups is 1. The number of aryl methyl sites for hydroxylation is 1. The molecular weight excluding hydrogens is 651 g/mol. The number of aliphatic hydroxyl groups excluding tert-OH is 1. The number of H-pyrrole nitrogens is 1. The van der Waals surface area contributed by atoms with Crippen molar-refractivity contribution in [3.63, 3.8) is 0 Å². The molecule has 43 heavy (non-hydrogen) atoms. The number of nitro groups is 2. The summed E-state index contributed by atoms with van der Waals surface area (Å²) in [7, 11) is -16.4. The number of anilines is 1. The summed E-state index contributed by atoms with van der Waals surface area (Å²) in [5, 5.41) is 34.5. The lowest BCUT2D eigenvalue weighted by Crippen LogP contribution is -2.33. The SMILES string of the molecule is Cc1cn([C@H]2C[C@H](O)[C@@H](COP(=O)(O)OP(=O)(O)OP(=O)(O)CCNc3ccc([N+](=O)[O-])cc3[N+](=O)[O-])O2)c(=O)[nH]c1=O. The minimum absolute atomic E-state index is 0.147. The van der Waals surface area contributed by atoms with Crippen molar-refractivity contribution in [2.45, 2.75) is 31.8 Å². The van der Waals surface area contributed by atoms with Gasteiger partial charge >= 0.3 is 28.9 Å². The third-order valence-corrected chi connectivity index (χ3v) is 10.4. The molecule has 3 rings (SSSR count). The summed E-state index contributed by atoms with van der Waals surface area (Å²) in [4.78, 5) is 75.2. The van der Waals surface area contributed by atoms with E-state index in [4.69, 9.17) is 4.74 Å². The lowest BCUT2D eigenvalue weighted by atomic mass is 10.2. The molecule has 1 aliphatic heterocycles. The molecule has 2 aromatic rings. The van der Waals surface area contributed by atoms with Crippen LogP contribution in [0.2, 0.25) is 0 Å². The van der Waals surface area contributed by atoms with E-state index in [-0.39, 0.29) is 17.7 Å². The van der Waals surface area contributed by atoms with Gasteiger partial charge in [0.2, 0.25) is 0 Å². The zero-order chi connectivity index (χ0) is 32.3. The van der Waals surface area contributed by atoms with Crippen molar-refractivity contribution < 1.29 is 61.2 Å². The topological polar surface area (TPSA) is 322 Å². The average molecular weight is 675 g/mol. The maximum absolute atomic E-state index is 12.3. The molecular formula is C18H24N5O17P3. The molecule has 1 aliphatic rings. The number of nitrogens with zero attached hydrogens (tertiary/aromatic N) is 3. The van der Waals surface area contributed by atoms with E-state index in [1.165, 1.54) is 6.92 Å². The smallest absolute Gasteiger partial charge is 0.390 e. The Bertz CT molecular complexity index is 1660. The van der Waals surface area contributed by atoms with Gasteiger partial charge in [-0.1, -0.05) is 0 Å². The molecule has 1 aromatic carbocycles. The first-order valence-corrected chi connectivity index (χ1v) is 16.4. The van der Waals surface area contributed by atoms with Gasteiger partial charge in [0, 0.05) is 30.8 Å². The van der Waals surface area contributed by atoms with Crippen LogP contribution < -0.4 is 16.6 Å². The van der Waals surface area contributed by atoms with Crippen LogP contribution >= 0.6 is 23.2 Å². The molecule has 0 spiro atoms. The summed E-state index contributed by atoms with van der Waals surface area (Å²) in [6, 6.07) is 2.50. The van der Waals surface area contributed by atoms with Crippen LogP contribution in [-0.2, 0) is 31.6 Å². The number of nitro benzene ring substituents is 2. The number of aromatic nitrogens is 2. The van der Waals surface area contributed by atoms with Crippen molar-refractivity contribution in [3.8, 4) is 0 Å². The quantitative estimate of drug-likeness (QED) is 0.0918. The van der Waals surface area contributed by atoms with Crippen LogP contribution in [0.25, 0.3) is 0 Å². The van der Waals surface area contributed by atoms with E-state index in [1.54, 1.807) is 0 Å². The Hall–Kier alpha value is -3.13. The van der Waals surface area contributed by atoms with Gasteiger partial charge in [0.05, 0.1) is 34.8 Å². The van der Waals surface area contributed by atoms with E-state index in [9.17, 15) is 63.3 Å². The minimum Gasteiger partial charge on any atom is -0.390 e. The van der Waals surface area contributed by atoms with E-state index in [0.717, 1.165) is 22.9 Å². The van der Waals surface area contributed by atoms with E-state index in [0.29, 0.717) is 6.07 Å². The van der Waals surface area contributed by atoms with Gasteiger partial charge in [-0.25, -0.2) is 18.2 Å². The predicted molar refractivity (Wildman–Crippen MR) is 141 cm³/mol. The highest BCUT2D eigenvalue weighted by Gasteiger charge is 2.43. The summed E-state index contributed by atoms with van der Waals surface area (Å²) in [6.07, 6.45) is -3.93. The average Bonchev–Trinajstić information content (AvgIpc) is 3.23. The Morgan fingerprint density at radius 1 is 1.12 bits per heavy atom. The van der Waals surface area contributed by atoms with Crippen LogP contribution in [0.4, 0.5) is 17.1 Å². The van der Waals surface area contributed by atoms with Gasteiger partial charge in [0.15, 0.2) is 0 Å². The normalized spacial score (nSPS) is 22.7. The van der Waals surface area contributed by atoms with Crippen LogP contribution in [0, 0.1) is 27.2 Å². The third-order valence-electron chi connectivity index (χ3n) is 5.60. The molecule has 0 aliphatic carbocycles. The molecule has 0 saturated carbocycles. The predicted octanol–water partition coefficient (Wildman–Crippen LogP) is 0.858. The molecule has 6 atom stereocenters. The monoisotopic (exact) mass is 675 g/mol. The van der Waals surface area contributed by atoms with Crippen LogP contribution in [0.15, 0.2) is 34.0 Å². The number of phosphoric acid groups is 2. The number of non-ortho nitro benzene ring substituents is 1. The summed E-state index contributed by atoms with van der Waals surface area (Å²) < 4.78 is 55.7. The first-order chi connectivity index (χ1) is 19.8. The second-order valence-corrected chi connectivity index (χ2v) is 14.0. The van der Waals surface area contributed by atoms with E-state index in [2.05, 4.69) is 18.5 Å². The van der Waals surface area contributed by atoms with Crippen molar-refractivity contribution in [2.75, 3.05) is 24.6 Å². The van der Waals surface area contributed by atoms with Crippen molar-refractivity contribution in [1.82, 2.24) is 9.55 Å². The van der Waals surface area contributed by atoms with Gasteiger partial charge in [-0.3, -0.25) is 43.7 Å². The molecule has 1 saturated heterocycles. The van der Waals surface area contributed by atoms with Gasteiger partial charge in [-0.2, -0.15) is 4.31 Å². The fourth-order valence-corrected chi connectivity index (χ4v) is 7.61. The zero-order valence-electron chi connectivity index (χ0n) is 21.6. The molecule has 25 heteroatoms. The minimum atomic E-state index is -5.79. The number of rotatable bonds is 14. The number of aromatic amines is 1. The highest BCUT2D eigenvalue weighted by Crippen LogP contribution is 2.67. The fraction of sp³-hybridized carbons (Fsp3) is 0.444. The first kappa shape index (κ1) is 34.4. The maximum atomic E-state index is 12.3. The molecule has 22 nitrogen and oxygen atoms in total. The van der Waals surface area contributed by atoms with Crippen LogP contribution in [0.1, 0.15) is 18.2 Å². The number of aliphatic hydroxyl groups is 1. The Morgan fingerprint density at radius 2 is 1.79 bits per heavy atom. The van der Waals surface area contributed by atoms with Crippen LogP contribution in [-0.4, -0.2) is 70.7 Å². The highest BCUT2D eigenvalue weighted by atomic mass is 31.3. The number of hydrogen-bond acceptors (Lipinski definition) is 15. The van der Waals surface area contributed by atoms with Crippen molar-refractivity contribution in [2.24, 2.45) is 0 Å². The fourth-order valence-electron chi connectivity index (χ4n) is 3.64. The molecule has 238 valence electrons. The molecule has 6 N–H and O–H groups in total. The molecule has 1 fully saturated rings. The molecule has 0 bridgehead atoms. The van der Waals surface area contributed by atoms with Gasteiger partial charge < -0.3 is 29.8 Å². The van der Waals surface area contributed by atoms with E-state index < -0.39 is 93.5 Å². The molecule has 0 amide bonds. The number of hydrogen-bond donors (Lipinski definition) is 6. The van der Waals surface area contributed by atoms with Crippen molar-refractivity contribution in [1.29, 1.82) is 0 Å². The van der Waals surface area contributed by atoms with E-state index in [1.807, 2.05) is 4.98 Å². The van der Waals surface area contributed by atoms with Crippen LogP contribution in [0.3, 0.4) is 0 Å². The number of benzene rings is 1. The van der Waals surface area contributed by atoms with Gasteiger partial charge in [-0.05, 0) is 13.0 Å². The standard InChI is InChI=1S/C18H24N5O17P3/c1-10-8-21(18(26)20-17(10)25)16-7-14(24)15(38-16)9-37-42(33,34)40-43(35,36)39-41(31,32)5-4-19-12-3-2-11(22(27)28)6-13(12)23(29)30/h2-3,6,8,14-16,19,24H,4-5,7,9H2,1H3,(H,31,32)(H,33,34)(H,35,36)(H,20,25,26)/t14-,15+,16+/m0/s1. The molecule has 2 heterocycles. The first-order valence-electron chi connectivity index (χ1n) is 11.7. The molecule has 1 aromatic heterocycles. The Morgan fingerprint density at radius 3 is 2.42 bits per heavy atom.